The molecular formula is C18H26N2O4S. The molecule has 0 bridgehead atoms. The Bertz CT molecular complexity index is 705. The van der Waals surface area contributed by atoms with Crippen LogP contribution in [0.3, 0.4) is 0 Å². The summed E-state index contributed by atoms with van der Waals surface area (Å²) >= 11 is 0. The average molecular weight is 366 g/mol. The number of nitrogens with zero attached hydrogens (tertiary/aromatic N) is 1. The van der Waals surface area contributed by atoms with Crippen LogP contribution < -0.4 is 5.32 Å². The molecule has 0 saturated heterocycles. The molecule has 0 atom stereocenters. The summed E-state index contributed by atoms with van der Waals surface area (Å²) < 4.78 is 25.6. The molecule has 0 heterocycles. The summed E-state index contributed by atoms with van der Waals surface area (Å²) in [5.41, 5.74) is 1.11. The van der Waals surface area contributed by atoms with Crippen LogP contribution >= 0.6 is 0 Å². The Morgan fingerprint density at radius 2 is 1.64 bits per heavy atom. The zero-order valence-corrected chi connectivity index (χ0v) is 15.6. The molecule has 6 nitrogen and oxygen atoms in total. The van der Waals surface area contributed by atoms with E-state index in [1.807, 2.05) is 0 Å². The van der Waals surface area contributed by atoms with Crippen molar-refractivity contribution in [3.63, 3.8) is 0 Å². The van der Waals surface area contributed by atoms with E-state index in [1.165, 1.54) is 11.2 Å². The van der Waals surface area contributed by atoms with E-state index < -0.39 is 10.0 Å². The summed E-state index contributed by atoms with van der Waals surface area (Å²) in [6, 6.07) is 6.45. The van der Waals surface area contributed by atoms with Crippen molar-refractivity contribution in [2.45, 2.75) is 51.5 Å². The Labute approximate surface area is 149 Å². The molecule has 1 N–H and O–H groups in total. The van der Waals surface area contributed by atoms with Crippen LogP contribution in [-0.4, -0.2) is 43.3 Å². The number of Topliss-reactive ketones (excluding diaryl/α,β-unsaturated/α-hetero) is 1. The molecule has 1 aromatic carbocycles. The zero-order chi connectivity index (χ0) is 18.4. The third kappa shape index (κ3) is 5.93. The lowest BCUT2D eigenvalue weighted by Crippen LogP contribution is -2.44. The lowest BCUT2D eigenvalue weighted by Gasteiger charge is -2.28. The zero-order valence-electron chi connectivity index (χ0n) is 14.8. The van der Waals surface area contributed by atoms with E-state index in [0.29, 0.717) is 11.3 Å². The number of carbonyl (C=O) groups excluding carboxylic acids is 2. The molecule has 0 aliphatic heterocycles. The van der Waals surface area contributed by atoms with Crippen LogP contribution in [0.2, 0.25) is 0 Å². The first-order chi connectivity index (χ1) is 11.8. The number of rotatable bonds is 6. The molecule has 1 aromatic rings. The molecule has 7 heteroatoms. The second kappa shape index (κ2) is 8.58. The highest BCUT2D eigenvalue weighted by atomic mass is 32.2. The van der Waals surface area contributed by atoms with Gasteiger partial charge in [-0.1, -0.05) is 25.7 Å². The number of amides is 1. The SMILES string of the molecule is CC(=O)c1ccc(NC(=O)CN(C2CCCCCC2)S(C)(=O)=O)cc1. The first-order valence-corrected chi connectivity index (χ1v) is 10.5. The fraction of sp³-hybridized carbons (Fsp3) is 0.556. The highest BCUT2D eigenvalue weighted by Crippen LogP contribution is 2.23. The number of ketones is 1. The summed E-state index contributed by atoms with van der Waals surface area (Å²) in [5.74, 6) is -0.417. The van der Waals surface area contributed by atoms with Crippen molar-refractivity contribution in [2.75, 3.05) is 18.1 Å². The number of benzene rings is 1. The second-order valence-electron chi connectivity index (χ2n) is 6.64. The van der Waals surface area contributed by atoms with Gasteiger partial charge < -0.3 is 5.32 Å². The fourth-order valence-electron chi connectivity index (χ4n) is 3.19. The van der Waals surface area contributed by atoms with Gasteiger partial charge in [-0.2, -0.15) is 4.31 Å². The van der Waals surface area contributed by atoms with Gasteiger partial charge in [-0.25, -0.2) is 8.42 Å². The smallest absolute Gasteiger partial charge is 0.239 e. The van der Waals surface area contributed by atoms with Gasteiger partial charge in [0.2, 0.25) is 15.9 Å². The van der Waals surface area contributed by atoms with E-state index in [-0.39, 0.29) is 24.3 Å². The van der Waals surface area contributed by atoms with Gasteiger partial charge in [-0.3, -0.25) is 9.59 Å². The first kappa shape index (κ1) is 19.6. The maximum Gasteiger partial charge on any atom is 0.239 e. The lowest BCUT2D eigenvalue weighted by molar-refractivity contribution is -0.116. The van der Waals surface area contributed by atoms with Crippen molar-refractivity contribution in [1.29, 1.82) is 0 Å². The van der Waals surface area contributed by atoms with Gasteiger partial charge in [0.15, 0.2) is 5.78 Å². The van der Waals surface area contributed by atoms with Gasteiger partial charge in [0.25, 0.3) is 0 Å². The molecule has 25 heavy (non-hydrogen) atoms. The third-order valence-electron chi connectivity index (χ3n) is 4.53. The molecule has 1 aliphatic carbocycles. The van der Waals surface area contributed by atoms with E-state index in [9.17, 15) is 18.0 Å². The topological polar surface area (TPSA) is 83.6 Å². The monoisotopic (exact) mass is 366 g/mol. The van der Waals surface area contributed by atoms with Crippen LogP contribution in [0.25, 0.3) is 0 Å². The number of sulfonamides is 1. The molecule has 1 saturated carbocycles. The van der Waals surface area contributed by atoms with Crippen LogP contribution in [0.15, 0.2) is 24.3 Å². The largest absolute Gasteiger partial charge is 0.325 e. The molecule has 0 unspecified atom stereocenters. The summed E-state index contributed by atoms with van der Waals surface area (Å²) in [7, 11) is -3.46. The Morgan fingerprint density at radius 3 is 2.12 bits per heavy atom. The van der Waals surface area contributed by atoms with Crippen LogP contribution in [0, 0.1) is 0 Å². The molecule has 0 spiro atoms. The normalized spacial score (nSPS) is 16.4. The number of anilines is 1. The fourth-order valence-corrected chi connectivity index (χ4v) is 4.30. The summed E-state index contributed by atoms with van der Waals surface area (Å²) in [6.07, 6.45) is 6.97. The van der Waals surface area contributed by atoms with Crippen LogP contribution in [0.1, 0.15) is 55.8 Å². The van der Waals surface area contributed by atoms with Crippen molar-refractivity contribution in [3.8, 4) is 0 Å². The van der Waals surface area contributed by atoms with Crippen LogP contribution in [0.4, 0.5) is 5.69 Å². The Hall–Kier alpha value is -1.73. The molecule has 0 radical (unpaired) electrons. The molecule has 138 valence electrons. The molecule has 1 fully saturated rings. The van der Waals surface area contributed by atoms with Gasteiger partial charge in [-0.05, 0) is 44.0 Å². The number of hydrogen-bond acceptors (Lipinski definition) is 4. The Balaban J connectivity index is 2.04. The maximum atomic E-state index is 12.3. The second-order valence-corrected chi connectivity index (χ2v) is 8.57. The van der Waals surface area contributed by atoms with Gasteiger partial charge in [-0.15, -0.1) is 0 Å². The molecular weight excluding hydrogens is 340 g/mol. The minimum absolute atomic E-state index is 0.0468. The van der Waals surface area contributed by atoms with E-state index in [2.05, 4.69) is 5.32 Å². The van der Waals surface area contributed by atoms with Gasteiger partial charge >= 0.3 is 0 Å². The summed E-state index contributed by atoms with van der Waals surface area (Å²) in [6.45, 7) is 1.29. The minimum atomic E-state index is -3.46. The molecule has 2 rings (SSSR count). The maximum absolute atomic E-state index is 12.3. The lowest BCUT2D eigenvalue weighted by atomic mass is 10.1. The van der Waals surface area contributed by atoms with Gasteiger partial charge in [0.05, 0.1) is 12.8 Å². The summed E-state index contributed by atoms with van der Waals surface area (Å²) in [4.78, 5) is 23.6. The molecule has 1 aliphatic rings. The highest BCUT2D eigenvalue weighted by molar-refractivity contribution is 7.88. The van der Waals surface area contributed by atoms with Gasteiger partial charge in [0, 0.05) is 17.3 Å². The molecule has 0 aromatic heterocycles. The predicted octanol–water partition coefficient (Wildman–Crippen LogP) is 2.81. The van der Waals surface area contributed by atoms with Gasteiger partial charge in [0.1, 0.15) is 0 Å². The first-order valence-electron chi connectivity index (χ1n) is 8.65. The van der Waals surface area contributed by atoms with Crippen molar-refractivity contribution < 1.29 is 18.0 Å². The number of carbonyl (C=O) groups is 2. The Morgan fingerprint density at radius 1 is 1.08 bits per heavy atom. The quantitative estimate of drug-likeness (QED) is 0.620. The van der Waals surface area contributed by atoms with Crippen molar-refractivity contribution in [3.05, 3.63) is 29.8 Å². The summed E-state index contributed by atoms with van der Waals surface area (Å²) in [5, 5.41) is 2.71. The van der Waals surface area contributed by atoms with Crippen molar-refractivity contribution in [2.24, 2.45) is 0 Å². The van der Waals surface area contributed by atoms with E-state index in [4.69, 9.17) is 0 Å². The van der Waals surface area contributed by atoms with Crippen LogP contribution in [0.5, 0.6) is 0 Å². The third-order valence-corrected chi connectivity index (χ3v) is 5.81. The minimum Gasteiger partial charge on any atom is -0.325 e. The van der Waals surface area contributed by atoms with Crippen molar-refractivity contribution in [1.82, 2.24) is 4.31 Å². The van der Waals surface area contributed by atoms with E-state index in [0.717, 1.165) is 44.8 Å². The standard InChI is InChI=1S/C18H26N2O4S/c1-14(21)15-9-11-16(12-10-15)19-18(22)13-20(25(2,23)24)17-7-5-3-4-6-8-17/h9-12,17H,3-8,13H2,1-2H3,(H,19,22). The average Bonchev–Trinajstić information content (AvgIpc) is 2.81. The van der Waals surface area contributed by atoms with Crippen molar-refractivity contribution >= 4 is 27.4 Å². The molecule has 1 amide bonds. The predicted molar refractivity (Wildman–Crippen MR) is 98.1 cm³/mol. The van der Waals surface area contributed by atoms with Crippen LogP contribution in [-0.2, 0) is 14.8 Å². The highest BCUT2D eigenvalue weighted by Gasteiger charge is 2.29. The van der Waals surface area contributed by atoms with E-state index in [1.54, 1.807) is 24.3 Å². The van der Waals surface area contributed by atoms with E-state index >= 15 is 0 Å². The number of nitrogens with one attached hydrogen (secondary N) is 1. The Kier molecular flexibility index (Phi) is 6.72. The number of hydrogen-bond donors (Lipinski definition) is 1.